The van der Waals surface area contributed by atoms with Crippen molar-refractivity contribution < 1.29 is 24.2 Å². The molecule has 1 saturated carbocycles. The average molecular weight is 477 g/mol. The number of nitrogens with zero attached hydrogens (tertiary/aromatic N) is 1. The number of carbonyl (C=O) groups is 3. The van der Waals surface area contributed by atoms with Crippen molar-refractivity contribution in [2.75, 3.05) is 26.2 Å². The third-order valence-electron chi connectivity index (χ3n) is 8.08. The number of carboxylic acid groups (broad SMARTS) is 1. The molecule has 0 radical (unpaired) electrons. The Bertz CT molecular complexity index is 1090. The highest BCUT2D eigenvalue weighted by atomic mass is 16.5. The monoisotopic (exact) mass is 476 g/mol. The van der Waals surface area contributed by atoms with Gasteiger partial charge in [0.05, 0.1) is 5.41 Å². The molecule has 2 amide bonds. The van der Waals surface area contributed by atoms with E-state index >= 15 is 0 Å². The summed E-state index contributed by atoms with van der Waals surface area (Å²) in [6.45, 7) is 1.61. The zero-order valence-corrected chi connectivity index (χ0v) is 19.9. The molecule has 2 aromatic carbocycles. The van der Waals surface area contributed by atoms with Gasteiger partial charge in [-0.2, -0.15) is 0 Å². The minimum atomic E-state index is -0.761. The van der Waals surface area contributed by atoms with Crippen molar-refractivity contribution in [2.24, 2.45) is 11.3 Å². The Morgan fingerprint density at radius 1 is 1.03 bits per heavy atom. The molecule has 2 fully saturated rings. The van der Waals surface area contributed by atoms with E-state index in [0.717, 1.165) is 12.8 Å². The maximum absolute atomic E-state index is 12.6. The number of alkyl carbamates (subject to hydrolysis) is 1. The summed E-state index contributed by atoms with van der Waals surface area (Å²) < 4.78 is 5.54. The second kappa shape index (κ2) is 9.72. The molecule has 7 nitrogen and oxygen atoms in total. The summed E-state index contributed by atoms with van der Waals surface area (Å²) in [5, 5.41) is 12.5. The van der Waals surface area contributed by atoms with E-state index in [1.165, 1.54) is 22.3 Å². The highest BCUT2D eigenvalue weighted by Gasteiger charge is 2.55. The molecule has 2 unspecified atom stereocenters. The molecule has 2 aromatic rings. The molecule has 1 saturated heterocycles. The first-order valence-electron chi connectivity index (χ1n) is 12.6. The Balaban J connectivity index is 1.03. The van der Waals surface area contributed by atoms with Crippen LogP contribution in [0.3, 0.4) is 0 Å². The van der Waals surface area contributed by atoms with Gasteiger partial charge in [0, 0.05) is 32.0 Å². The summed E-state index contributed by atoms with van der Waals surface area (Å²) >= 11 is 0. The Morgan fingerprint density at radius 3 is 2.37 bits per heavy atom. The largest absolute Gasteiger partial charge is 0.481 e. The van der Waals surface area contributed by atoms with Gasteiger partial charge in [0.2, 0.25) is 5.91 Å². The lowest BCUT2D eigenvalue weighted by Crippen LogP contribution is -2.37. The van der Waals surface area contributed by atoms with E-state index in [-0.39, 0.29) is 24.3 Å². The van der Waals surface area contributed by atoms with E-state index in [0.29, 0.717) is 45.3 Å². The minimum Gasteiger partial charge on any atom is -0.481 e. The third kappa shape index (κ3) is 4.40. The van der Waals surface area contributed by atoms with Gasteiger partial charge < -0.3 is 20.1 Å². The number of hydrogen-bond donors (Lipinski definition) is 2. The minimum absolute atomic E-state index is 0.0150. The van der Waals surface area contributed by atoms with Crippen LogP contribution < -0.4 is 5.32 Å². The molecule has 184 valence electrons. The van der Waals surface area contributed by atoms with Crippen molar-refractivity contribution in [3.63, 3.8) is 0 Å². The van der Waals surface area contributed by atoms with Crippen molar-refractivity contribution in [2.45, 2.75) is 44.4 Å². The highest BCUT2D eigenvalue weighted by Crippen LogP contribution is 2.49. The zero-order chi connectivity index (χ0) is 24.4. The number of carbonyl (C=O) groups excluding carboxylic acids is 2. The van der Waals surface area contributed by atoms with Crippen molar-refractivity contribution in [3.8, 4) is 11.1 Å². The Morgan fingerprint density at radius 2 is 1.71 bits per heavy atom. The molecule has 2 aliphatic carbocycles. The number of likely N-dealkylation sites (tertiary alicyclic amines) is 1. The van der Waals surface area contributed by atoms with Crippen molar-refractivity contribution in [1.82, 2.24) is 10.2 Å². The smallest absolute Gasteiger partial charge is 0.407 e. The standard InChI is InChI=1S/C28H32N2O5/c31-25(30-16-19-8-7-14-28(19,18-30)26(32)33)13-5-6-15-29-27(34)35-17-24-22-11-3-1-9-20(22)21-10-2-4-12-23(21)24/h1-4,9-12,19,24H,5-8,13-18H2,(H,29,34)(H,32,33). The van der Waals surface area contributed by atoms with Crippen LogP contribution in [0.5, 0.6) is 0 Å². The second-order valence-corrected chi connectivity index (χ2v) is 10.0. The molecule has 0 spiro atoms. The quantitative estimate of drug-likeness (QED) is 0.551. The third-order valence-corrected chi connectivity index (χ3v) is 8.08. The number of amides is 2. The predicted molar refractivity (Wildman–Crippen MR) is 131 cm³/mol. The van der Waals surface area contributed by atoms with Crippen LogP contribution in [0.25, 0.3) is 11.1 Å². The Labute approximate surface area is 205 Å². The number of hydrogen-bond acceptors (Lipinski definition) is 4. The van der Waals surface area contributed by atoms with E-state index in [9.17, 15) is 19.5 Å². The predicted octanol–water partition coefficient (Wildman–Crippen LogP) is 4.41. The summed E-state index contributed by atoms with van der Waals surface area (Å²) in [5.74, 6) is -0.636. The number of aliphatic carboxylic acids is 1. The number of fused-ring (bicyclic) bond motifs is 4. The lowest BCUT2D eigenvalue weighted by Gasteiger charge is -2.23. The Kier molecular flexibility index (Phi) is 6.50. The molecule has 2 N–H and O–H groups in total. The maximum atomic E-state index is 12.6. The highest BCUT2D eigenvalue weighted by molar-refractivity contribution is 5.81. The summed E-state index contributed by atoms with van der Waals surface area (Å²) in [4.78, 5) is 38.4. The summed E-state index contributed by atoms with van der Waals surface area (Å²) in [6, 6.07) is 16.4. The van der Waals surface area contributed by atoms with Crippen LogP contribution in [0.4, 0.5) is 4.79 Å². The van der Waals surface area contributed by atoms with Crippen molar-refractivity contribution in [3.05, 3.63) is 59.7 Å². The molecule has 7 heteroatoms. The average Bonchev–Trinajstić information content (AvgIpc) is 3.52. The van der Waals surface area contributed by atoms with Crippen LogP contribution in [0.15, 0.2) is 48.5 Å². The molecular formula is C28H32N2O5. The van der Waals surface area contributed by atoms with Gasteiger partial charge in [0.15, 0.2) is 0 Å². The lowest BCUT2D eigenvalue weighted by atomic mass is 9.81. The van der Waals surface area contributed by atoms with Crippen LogP contribution in [-0.4, -0.2) is 54.2 Å². The maximum Gasteiger partial charge on any atom is 0.407 e. The molecule has 1 aliphatic heterocycles. The van der Waals surface area contributed by atoms with Crippen LogP contribution >= 0.6 is 0 Å². The molecule has 35 heavy (non-hydrogen) atoms. The number of benzene rings is 2. The first-order valence-corrected chi connectivity index (χ1v) is 12.6. The van der Waals surface area contributed by atoms with Gasteiger partial charge in [-0.15, -0.1) is 0 Å². The van der Waals surface area contributed by atoms with Crippen LogP contribution in [0.1, 0.15) is 55.6 Å². The van der Waals surface area contributed by atoms with Gasteiger partial charge in [-0.1, -0.05) is 55.0 Å². The van der Waals surface area contributed by atoms with E-state index < -0.39 is 17.5 Å². The number of ether oxygens (including phenoxy) is 1. The van der Waals surface area contributed by atoms with Crippen LogP contribution in [0, 0.1) is 11.3 Å². The molecule has 5 rings (SSSR count). The van der Waals surface area contributed by atoms with E-state index in [4.69, 9.17) is 4.74 Å². The van der Waals surface area contributed by atoms with Crippen molar-refractivity contribution in [1.29, 1.82) is 0 Å². The SMILES string of the molecule is O=C(NCCCCC(=O)N1CC2CCCC2(C(=O)O)C1)OCC1c2ccccc2-c2ccccc21. The van der Waals surface area contributed by atoms with Crippen molar-refractivity contribution >= 4 is 18.0 Å². The van der Waals surface area contributed by atoms with Crippen LogP contribution in [-0.2, 0) is 14.3 Å². The molecule has 2 atom stereocenters. The summed E-state index contributed by atoms with van der Waals surface area (Å²) in [5.41, 5.74) is 4.00. The number of unbranched alkanes of at least 4 members (excludes halogenated alkanes) is 1. The Hall–Kier alpha value is -3.35. The molecule has 0 aromatic heterocycles. The number of nitrogens with one attached hydrogen (secondary N) is 1. The summed E-state index contributed by atoms with van der Waals surface area (Å²) in [7, 11) is 0. The van der Waals surface area contributed by atoms with Crippen LogP contribution in [0.2, 0.25) is 0 Å². The second-order valence-electron chi connectivity index (χ2n) is 10.0. The van der Waals surface area contributed by atoms with Gasteiger partial charge in [0.1, 0.15) is 6.61 Å². The fraction of sp³-hybridized carbons (Fsp3) is 0.464. The van der Waals surface area contributed by atoms with Gasteiger partial charge in [-0.25, -0.2) is 4.79 Å². The van der Waals surface area contributed by atoms with E-state index in [2.05, 4.69) is 29.6 Å². The topological polar surface area (TPSA) is 95.9 Å². The number of rotatable bonds is 8. The van der Waals surface area contributed by atoms with Gasteiger partial charge in [-0.05, 0) is 53.9 Å². The first kappa shape index (κ1) is 23.4. The molecular weight excluding hydrogens is 444 g/mol. The normalized spacial score (nSPS) is 22.4. The number of carboxylic acids is 1. The molecule has 3 aliphatic rings. The fourth-order valence-electron chi connectivity index (χ4n) is 6.23. The van der Waals surface area contributed by atoms with Gasteiger partial charge in [-0.3, -0.25) is 9.59 Å². The lowest BCUT2D eigenvalue weighted by molar-refractivity contribution is -0.149. The molecule has 0 bridgehead atoms. The summed E-state index contributed by atoms with van der Waals surface area (Å²) in [6.07, 6.45) is 3.71. The van der Waals surface area contributed by atoms with Gasteiger partial charge in [0.25, 0.3) is 0 Å². The fourth-order valence-corrected chi connectivity index (χ4v) is 6.23. The van der Waals surface area contributed by atoms with E-state index in [1.54, 1.807) is 4.90 Å². The van der Waals surface area contributed by atoms with Gasteiger partial charge >= 0.3 is 12.1 Å². The molecule has 1 heterocycles. The first-order chi connectivity index (χ1) is 17.0. The van der Waals surface area contributed by atoms with E-state index in [1.807, 2.05) is 24.3 Å². The zero-order valence-electron chi connectivity index (χ0n) is 19.9.